The van der Waals surface area contributed by atoms with Gasteiger partial charge < -0.3 is 9.80 Å². The largest absolute Gasteiger partial charge is 0.353 e. The van der Waals surface area contributed by atoms with Crippen molar-refractivity contribution in [2.75, 3.05) is 31.1 Å². The number of aromatic nitrogens is 3. The number of nitrogens with zero attached hydrogens (tertiary/aromatic N) is 5. The van der Waals surface area contributed by atoms with Gasteiger partial charge in [-0.05, 0) is 25.3 Å². The van der Waals surface area contributed by atoms with E-state index in [-0.39, 0.29) is 5.91 Å². The number of fused-ring (bicyclic) bond motifs is 1. The zero-order chi connectivity index (χ0) is 17.6. The van der Waals surface area contributed by atoms with Crippen molar-refractivity contribution in [1.82, 2.24) is 19.5 Å². The van der Waals surface area contributed by atoms with E-state index in [2.05, 4.69) is 23.3 Å². The van der Waals surface area contributed by atoms with Gasteiger partial charge in [0, 0.05) is 50.4 Å². The molecule has 6 nitrogen and oxygen atoms in total. The first-order valence-electron chi connectivity index (χ1n) is 8.46. The molecule has 3 aromatic heterocycles. The smallest absolute Gasteiger partial charge is 0.219 e. The highest BCUT2D eigenvalue weighted by Crippen LogP contribution is 2.29. The minimum absolute atomic E-state index is 0.145. The van der Waals surface area contributed by atoms with Crippen LogP contribution >= 0.6 is 11.3 Å². The molecule has 1 fully saturated rings. The molecule has 7 heteroatoms. The lowest BCUT2D eigenvalue weighted by molar-refractivity contribution is -0.129. The number of rotatable bonds is 2. The molecule has 4 heterocycles. The lowest BCUT2D eigenvalue weighted by atomic mass is 10.2. The quantitative estimate of drug-likeness (QED) is 0.709. The van der Waals surface area contributed by atoms with E-state index >= 15 is 0 Å². The van der Waals surface area contributed by atoms with Gasteiger partial charge in [0.15, 0.2) is 5.65 Å². The maximum atomic E-state index is 11.6. The van der Waals surface area contributed by atoms with Crippen LogP contribution in [0.4, 0.5) is 5.82 Å². The second-order valence-corrected chi connectivity index (χ2v) is 7.36. The van der Waals surface area contributed by atoms with Crippen molar-refractivity contribution < 1.29 is 4.79 Å². The van der Waals surface area contributed by atoms with Crippen LogP contribution in [0, 0.1) is 13.8 Å². The van der Waals surface area contributed by atoms with Crippen LogP contribution in [0.25, 0.3) is 16.2 Å². The van der Waals surface area contributed by atoms with Gasteiger partial charge in [0.05, 0.1) is 4.88 Å². The summed E-state index contributed by atoms with van der Waals surface area (Å²) in [7, 11) is 0. The molecule has 1 saturated heterocycles. The van der Waals surface area contributed by atoms with Crippen molar-refractivity contribution in [3.8, 4) is 10.6 Å². The second-order valence-electron chi connectivity index (χ2n) is 6.42. The van der Waals surface area contributed by atoms with Gasteiger partial charge in [-0.1, -0.05) is 6.07 Å². The van der Waals surface area contributed by atoms with Gasteiger partial charge >= 0.3 is 0 Å². The Morgan fingerprint density at radius 2 is 1.96 bits per heavy atom. The summed E-state index contributed by atoms with van der Waals surface area (Å²) in [5, 5.41) is 6.89. The van der Waals surface area contributed by atoms with Crippen LogP contribution in [0.1, 0.15) is 18.2 Å². The topological polar surface area (TPSA) is 53.7 Å². The average molecular weight is 355 g/mol. The van der Waals surface area contributed by atoms with Gasteiger partial charge in [-0.3, -0.25) is 4.79 Å². The molecule has 1 amide bonds. The molecule has 0 atom stereocenters. The van der Waals surface area contributed by atoms with Crippen LogP contribution in [0.3, 0.4) is 0 Å². The van der Waals surface area contributed by atoms with Crippen LogP contribution in [-0.2, 0) is 4.79 Å². The fourth-order valence-electron chi connectivity index (χ4n) is 3.33. The third-order valence-electron chi connectivity index (χ3n) is 4.85. The first-order valence-corrected chi connectivity index (χ1v) is 9.34. The summed E-state index contributed by atoms with van der Waals surface area (Å²) in [6.45, 7) is 8.90. The maximum Gasteiger partial charge on any atom is 0.219 e. The Kier molecular flexibility index (Phi) is 3.95. The van der Waals surface area contributed by atoms with E-state index in [0.29, 0.717) is 0 Å². The lowest BCUT2D eigenvalue weighted by Crippen LogP contribution is -2.48. The number of carbonyl (C=O) groups is 1. The fourth-order valence-corrected chi connectivity index (χ4v) is 4.01. The molecule has 0 N–H and O–H groups in total. The second kappa shape index (κ2) is 6.15. The van der Waals surface area contributed by atoms with Gasteiger partial charge in [0.25, 0.3) is 0 Å². The minimum atomic E-state index is 0.145. The maximum absolute atomic E-state index is 11.6. The Morgan fingerprint density at radius 3 is 2.60 bits per heavy atom. The Bertz CT molecular complexity index is 923. The molecule has 0 aliphatic carbocycles. The number of aryl methyl sites for hydroxylation is 1. The van der Waals surface area contributed by atoms with Crippen LogP contribution in [0.5, 0.6) is 0 Å². The van der Waals surface area contributed by atoms with Crippen molar-refractivity contribution in [1.29, 1.82) is 0 Å². The predicted octanol–water partition coefficient (Wildman–Crippen LogP) is 2.74. The lowest BCUT2D eigenvalue weighted by Gasteiger charge is -2.36. The molecule has 3 aromatic rings. The first-order chi connectivity index (χ1) is 12.0. The Balaban J connectivity index is 1.77. The van der Waals surface area contributed by atoms with Crippen LogP contribution in [-0.4, -0.2) is 51.6 Å². The van der Waals surface area contributed by atoms with Crippen molar-refractivity contribution in [3.63, 3.8) is 0 Å². The number of anilines is 1. The molecule has 25 heavy (non-hydrogen) atoms. The summed E-state index contributed by atoms with van der Waals surface area (Å²) in [6.07, 6.45) is 0. The summed E-state index contributed by atoms with van der Waals surface area (Å²) < 4.78 is 1.96. The third kappa shape index (κ3) is 2.78. The number of piperazine rings is 1. The molecular weight excluding hydrogens is 334 g/mol. The standard InChI is InChI=1S/C18H21N5OS/c1-12-13(2)19-17-11-15(16-5-4-10-25-16)20-23(17)18(12)22-8-6-21(7-9-22)14(3)24/h4-5,10-11H,6-9H2,1-3H3. The summed E-state index contributed by atoms with van der Waals surface area (Å²) in [5.41, 5.74) is 3.99. The van der Waals surface area contributed by atoms with Gasteiger partial charge in [-0.2, -0.15) is 9.61 Å². The number of amides is 1. The number of carbonyl (C=O) groups excluding carboxylic acids is 1. The zero-order valence-electron chi connectivity index (χ0n) is 14.7. The first kappa shape index (κ1) is 16.1. The third-order valence-corrected chi connectivity index (χ3v) is 5.74. The summed E-state index contributed by atoms with van der Waals surface area (Å²) >= 11 is 1.68. The van der Waals surface area contributed by atoms with Crippen LogP contribution in [0.2, 0.25) is 0 Å². The molecule has 0 spiro atoms. The number of thiophene rings is 1. The van der Waals surface area contributed by atoms with E-state index in [0.717, 1.165) is 59.5 Å². The highest BCUT2D eigenvalue weighted by atomic mass is 32.1. The molecule has 0 radical (unpaired) electrons. The average Bonchev–Trinajstić information content (AvgIpc) is 3.25. The summed E-state index contributed by atoms with van der Waals surface area (Å²) in [6, 6.07) is 6.17. The molecule has 0 unspecified atom stereocenters. The summed E-state index contributed by atoms with van der Waals surface area (Å²) in [4.78, 5) is 21.7. The van der Waals surface area contributed by atoms with E-state index in [1.54, 1.807) is 18.3 Å². The van der Waals surface area contributed by atoms with E-state index in [4.69, 9.17) is 10.1 Å². The van der Waals surface area contributed by atoms with Crippen molar-refractivity contribution in [2.24, 2.45) is 0 Å². The molecule has 130 valence electrons. The van der Waals surface area contributed by atoms with Crippen LogP contribution in [0.15, 0.2) is 23.6 Å². The van der Waals surface area contributed by atoms with Gasteiger partial charge in [0.1, 0.15) is 11.5 Å². The van der Waals surface area contributed by atoms with E-state index < -0.39 is 0 Å². The summed E-state index contributed by atoms with van der Waals surface area (Å²) in [5.74, 6) is 1.24. The Labute approximate surface area is 150 Å². The molecule has 0 bridgehead atoms. The number of hydrogen-bond donors (Lipinski definition) is 0. The SMILES string of the molecule is CC(=O)N1CCN(c2c(C)c(C)nc3cc(-c4cccs4)nn23)CC1. The van der Waals surface area contributed by atoms with Gasteiger partial charge in [0.2, 0.25) is 5.91 Å². The predicted molar refractivity (Wildman–Crippen MR) is 100 cm³/mol. The molecule has 1 aliphatic heterocycles. The fraction of sp³-hybridized carbons (Fsp3) is 0.389. The highest BCUT2D eigenvalue weighted by Gasteiger charge is 2.24. The molecule has 1 aliphatic rings. The minimum Gasteiger partial charge on any atom is -0.353 e. The van der Waals surface area contributed by atoms with Crippen molar-refractivity contribution >= 4 is 28.7 Å². The monoisotopic (exact) mass is 355 g/mol. The normalized spacial score (nSPS) is 15.2. The van der Waals surface area contributed by atoms with Gasteiger partial charge in [-0.15, -0.1) is 11.3 Å². The molecule has 4 rings (SSSR count). The van der Waals surface area contributed by atoms with E-state index in [1.807, 2.05) is 28.5 Å². The van der Waals surface area contributed by atoms with E-state index in [1.165, 1.54) is 0 Å². The van der Waals surface area contributed by atoms with Gasteiger partial charge in [-0.25, -0.2) is 4.98 Å². The highest BCUT2D eigenvalue weighted by molar-refractivity contribution is 7.13. The van der Waals surface area contributed by atoms with E-state index in [9.17, 15) is 4.79 Å². The molecule has 0 aromatic carbocycles. The number of hydrogen-bond acceptors (Lipinski definition) is 5. The Hall–Kier alpha value is -2.41. The molecular formula is C18H21N5OS. The zero-order valence-corrected chi connectivity index (χ0v) is 15.5. The Morgan fingerprint density at radius 1 is 1.20 bits per heavy atom. The van der Waals surface area contributed by atoms with Crippen LogP contribution < -0.4 is 4.90 Å². The molecule has 0 saturated carbocycles. The van der Waals surface area contributed by atoms with Crippen molar-refractivity contribution in [2.45, 2.75) is 20.8 Å². The van der Waals surface area contributed by atoms with Crippen molar-refractivity contribution in [3.05, 3.63) is 34.8 Å².